The van der Waals surface area contributed by atoms with E-state index in [1.807, 2.05) is 35.0 Å². The van der Waals surface area contributed by atoms with Crippen molar-refractivity contribution in [3.8, 4) is 5.75 Å². The number of rotatable bonds is 12. The molecule has 0 spiro atoms. The molecule has 0 aliphatic carbocycles. The van der Waals surface area contributed by atoms with Crippen molar-refractivity contribution in [2.24, 2.45) is 5.90 Å². The van der Waals surface area contributed by atoms with Crippen molar-refractivity contribution in [3.05, 3.63) is 54.3 Å². The zero-order valence-corrected chi connectivity index (χ0v) is 15.6. The Balaban J connectivity index is 2.29. The topological polar surface area (TPSA) is 99.6 Å². The standard InChI is InChI=1S/C20H27N3O4/c1-2-3-12-26-17-7-4-6-16(13-17)18(14-23-11-10-22-15-23)19(27-21)8-5-9-20(24)25/h4,6-7,10-11,13,15H,2-3,5,8-9,12,14,21H2,1H3,(H,24,25). The fourth-order valence-corrected chi connectivity index (χ4v) is 2.69. The monoisotopic (exact) mass is 373 g/mol. The number of aliphatic carboxylic acids is 1. The molecule has 0 saturated heterocycles. The van der Waals surface area contributed by atoms with Gasteiger partial charge < -0.3 is 19.2 Å². The van der Waals surface area contributed by atoms with Gasteiger partial charge >= 0.3 is 5.97 Å². The zero-order chi connectivity index (χ0) is 19.5. The van der Waals surface area contributed by atoms with Gasteiger partial charge in [0.15, 0.2) is 0 Å². The maximum atomic E-state index is 10.8. The predicted molar refractivity (Wildman–Crippen MR) is 103 cm³/mol. The fourth-order valence-electron chi connectivity index (χ4n) is 2.69. The highest BCUT2D eigenvalue weighted by Gasteiger charge is 2.14. The van der Waals surface area contributed by atoms with E-state index in [-0.39, 0.29) is 6.42 Å². The zero-order valence-electron chi connectivity index (χ0n) is 15.6. The van der Waals surface area contributed by atoms with Gasteiger partial charge in [0.25, 0.3) is 0 Å². The van der Waals surface area contributed by atoms with Gasteiger partial charge in [-0.2, -0.15) is 5.90 Å². The number of allylic oxidation sites excluding steroid dienone is 2. The molecule has 0 atom stereocenters. The smallest absolute Gasteiger partial charge is 0.303 e. The molecule has 1 aromatic heterocycles. The molecular formula is C20H27N3O4. The van der Waals surface area contributed by atoms with Crippen molar-refractivity contribution >= 4 is 11.5 Å². The van der Waals surface area contributed by atoms with Crippen LogP contribution >= 0.6 is 0 Å². The molecule has 0 aliphatic heterocycles. The molecule has 2 rings (SSSR count). The lowest BCUT2D eigenvalue weighted by Gasteiger charge is -2.16. The summed E-state index contributed by atoms with van der Waals surface area (Å²) in [5.74, 6) is 6.04. The van der Waals surface area contributed by atoms with E-state index >= 15 is 0 Å². The summed E-state index contributed by atoms with van der Waals surface area (Å²) in [6.07, 6.45) is 8.28. The Hall–Kier alpha value is -2.80. The molecule has 7 heteroatoms. The van der Waals surface area contributed by atoms with Crippen LogP contribution < -0.4 is 10.6 Å². The molecule has 1 heterocycles. The number of carboxylic acid groups (broad SMARTS) is 1. The van der Waals surface area contributed by atoms with Crippen molar-refractivity contribution < 1.29 is 19.5 Å². The summed E-state index contributed by atoms with van der Waals surface area (Å²) in [5, 5.41) is 8.88. The number of carbonyl (C=O) groups is 1. The molecule has 0 unspecified atom stereocenters. The lowest BCUT2D eigenvalue weighted by Crippen LogP contribution is -2.08. The summed E-state index contributed by atoms with van der Waals surface area (Å²) in [5.41, 5.74) is 1.80. The van der Waals surface area contributed by atoms with Gasteiger partial charge in [0, 0.05) is 30.8 Å². The number of carboxylic acids is 1. The second kappa shape index (κ2) is 11.0. The normalized spacial score (nSPS) is 11.8. The number of ether oxygens (including phenoxy) is 1. The maximum absolute atomic E-state index is 10.8. The average molecular weight is 373 g/mol. The number of hydrogen-bond acceptors (Lipinski definition) is 5. The van der Waals surface area contributed by atoms with Gasteiger partial charge in [-0.25, -0.2) is 4.98 Å². The molecule has 0 saturated carbocycles. The fraction of sp³-hybridized carbons (Fsp3) is 0.400. The number of hydrogen-bond donors (Lipinski definition) is 2. The van der Waals surface area contributed by atoms with Crippen molar-refractivity contribution in [1.29, 1.82) is 0 Å². The van der Waals surface area contributed by atoms with Crippen molar-refractivity contribution in [3.63, 3.8) is 0 Å². The Morgan fingerprint density at radius 3 is 2.81 bits per heavy atom. The minimum atomic E-state index is -0.839. The van der Waals surface area contributed by atoms with Crippen LogP contribution in [0.2, 0.25) is 0 Å². The summed E-state index contributed by atoms with van der Waals surface area (Å²) in [6.45, 7) is 3.30. The summed E-state index contributed by atoms with van der Waals surface area (Å²) < 4.78 is 7.72. The van der Waals surface area contributed by atoms with Crippen molar-refractivity contribution in [2.75, 3.05) is 6.61 Å². The molecule has 146 valence electrons. The first kappa shape index (κ1) is 20.5. The van der Waals surface area contributed by atoms with E-state index in [9.17, 15) is 4.79 Å². The molecule has 3 N–H and O–H groups in total. The second-order valence-electron chi connectivity index (χ2n) is 6.23. The van der Waals surface area contributed by atoms with E-state index in [0.29, 0.717) is 31.8 Å². The van der Waals surface area contributed by atoms with Crippen molar-refractivity contribution in [1.82, 2.24) is 9.55 Å². The van der Waals surface area contributed by atoms with Crippen molar-refractivity contribution in [2.45, 2.75) is 45.6 Å². The molecule has 0 aliphatic rings. The largest absolute Gasteiger partial charge is 0.494 e. The van der Waals surface area contributed by atoms with Crippen LogP contribution in [0, 0.1) is 0 Å². The third-order valence-corrected chi connectivity index (χ3v) is 4.12. The SMILES string of the molecule is CCCCOc1cccc(C(Cn2ccnc2)=C(CCCC(=O)O)ON)c1. The molecule has 1 aromatic carbocycles. The average Bonchev–Trinajstić information content (AvgIpc) is 3.17. The van der Waals surface area contributed by atoms with Crippen LogP contribution in [0.1, 0.15) is 44.6 Å². The van der Waals surface area contributed by atoms with E-state index in [1.165, 1.54) is 0 Å². The summed E-state index contributed by atoms with van der Waals surface area (Å²) in [4.78, 5) is 20.0. The molecule has 0 fully saturated rings. The van der Waals surface area contributed by atoms with E-state index in [0.717, 1.165) is 29.7 Å². The quantitative estimate of drug-likeness (QED) is 0.335. The van der Waals surface area contributed by atoms with Gasteiger partial charge in [-0.3, -0.25) is 4.79 Å². The first-order chi connectivity index (χ1) is 13.1. The van der Waals surface area contributed by atoms with Crippen LogP contribution in [0.4, 0.5) is 0 Å². The van der Waals surface area contributed by atoms with Crippen LogP contribution in [0.3, 0.4) is 0 Å². The highest BCUT2D eigenvalue weighted by Crippen LogP contribution is 2.27. The Kier molecular flexibility index (Phi) is 8.38. The van der Waals surface area contributed by atoms with E-state index in [4.69, 9.17) is 20.6 Å². The first-order valence-corrected chi connectivity index (χ1v) is 9.13. The van der Waals surface area contributed by atoms with Crippen LogP contribution in [0.5, 0.6) is 5.75 Å². The molecule has 0 bridgehead atoms. The van der Waals surface area contributed by atoms with Gasteiger partial charge in [0.1, 0.15) is 11.5 Å². The van der Waals surface area contributed by atoms with Gasteiger partial charge in [-0.1, -0.05) is 25.5 Å². The Labute approximate surface area is 159 Å². The number of nitrogens with zero attached hydrogens (tertiary/aromatic N) is 2. The highest BCUT2D eigenvalue weighted by atomic mass is 16.6. The lowest BCUT2D eigenvalue weighted by atomic mass is 10.0. The Morgan fingerprint density at radius 2 is 2.15 bits per heavy atom. The Morgan fingerprint density at radius 1 is 1.30 bits per heavy atom. The minimum Gasteiger partial charge on any atom is -0.494 e. The number of aromatic nitrogens is 2. The third kappa shape index (κ3) is 6.79. The molecule has 0 amide bonds. The van der Waals surface area contributed by atoms with Crippen LogP contribution in [-0.4, -0.2) is 27.2 Å². The van der Waals surface area contributed by atoms with Gasteiger partial charge in [0.05, 0.1) is 19.5 Å². The third-order valence-electron chi connectivity index (χ3n) is 4.12. The number of unbranched alkanes of at least 4 members (excludes halogenated alkanes) is 1. The number of imidazole rings is 1. The second-order valence-corrected chi connectivity index (χ2v) is 6.23. The van der Waals surface area contributed by atoms with E-state index in [2.05, 4.69) is 11.9 Å². The first-order valence-electron chi connectivity index (χ1n) is 9.13. The lowest BCUT2D eigenvalue weighted by molar-refractivity contribution is -0.137. The molecule has 7 nitrogen and oxygen atoms in total. The van der Waals surface area contributed by atoms with Crippen LogP contribution in [0.15, 0.2) is 48.7 Å². The number of nitrogens with two attached hydrogens (primary N) is 1. The molecule has 0 radical (unpaired) electrons. The van der Waals surface area contributed by atoms with Gasteiger partial charge in [-0.05, 0) is 30.5 Å². The van der Waals surface area contributed by atoms with Gasteiger partial charge in [0.2, 0.25) is 0 Å². The minimum absolute atomic E-state index is 0.0609. The number of benzene rings is 1. The molecule has 27 heavy (non-hydrogen) atoms. The summed E-state index contributed by atoms with van der Waals surface area (Å²) in [7, 11) is 0. The molecular weight excluding hydrogens is 346 g/mol. The molecule has 2 aromatic rings. The summed E-state index contributed by atoms with van der Waals surface area (Å²) >= 11 is 0. The maximum Gasteiger partial charge on any atom is 0.303 e. The Bertz CT molecular complexity index is 741. The van der Waals surface area contributed by atoms with E-state index in [1.54, 1.807) is 12.5 Å². The van der Waals surface area contributed by atoms with Gasteiger partial charge in [-0.15, -0.1) is 0 Å². The summed E-state index contributed by atoms with van der Waals surface area (Å²) in [6, 6.07) is 7.77. The van der Waals surface area contributed by atoms with E-state index < -0.39 is 5.97 Å². The predicted octanol–water partition coefficient (Wildman–Crippen LogP) is 3.62. The highest BCUT2D eigenvalue weighted by molar-refractivity contribution is 5.69. The van der Waals surface area contributed by atoms with Crippen LogP contribution in [0.25, 0.3) is 5.57 Å². The van der Waals surface area contributed by atoms with Crippen LogP contribution in [-0.2, 0) is 16.2 Å².